The molecule has 7 aromatic carbocycles. The number of fused-ring (bicyclic) bond motifs is 7. The summed E-state index contributed by atoms with van der Waals surface area (Å²) < 4.78 is 6.79. The van der Waals surface area contributed by atoms with Crippen molar-refractivity contribution in [2.24, 2.45) is 0 Å². The number of nitrogens with zero attached hydrogens (tertiary/aromatic N) is 4. The average Bonchev–Trinajstić information content (AvgIpc) is 3.88. The minimum absolute atomic E-state index is 0. The quantitative estimate of drug-likeness (QED) is 0.158. The van der Waals surface area contributed by atoms with Crippen molar-refractivity contribution in [3.63, 3.8) is 0 Å². The van der Waals surface area contributed by atoms with Gasteiger partial charge in [-0.15, -0.1) is 28.6 Å². The Morgan fingerprint density at radius 2 is 1.18 bits per heavy atom. The van der Waals surface area contributed by atoms with Crippen molar-refractivity contribution >= 4 is 32.8 Å². The molecule has 3 aromatic heterocycles. The number of pyridine rings is 1. The zero-order chi connectivity index (χ0) is 35.8. The SMILES string of the molecule is Cc1ccnc(-n2c3[c-]c(C4(c5[c-]c(-n6[cH+]n(-c7ccccc7)c7ccccc76)ccc5)c5ccccc5-c5ccccc54)ccc3c3ccccc32)c1.[Pt]. The van der Waals surface area contributed by atoms with Crippen molar-refractivity contribution in [1.82, 2.24) is 18.7 Å². The molecule has 0 fully saturated rings. The Labute approximate surface area is 333 Å². The standard InChI is InChI=1S/C50H33N4.Pt/c1-34-28-29-51-49(30-34)54-45-23-10-7-20-41(45)42-27-26-36(32-48(42)54)50(43-21-8-5-18-39(43)40-19-6-9-22-44(40)50)35-14-13-17-38(31-35)53-33-52(37-15-3-2-4-16-37)46-24-11-12-25-47(46)53;/h2-30,33H,1H3;/q-1;. The Morgan fingerprint density at radius 1 is 0.545 bits per heavy atom. The van der Waals surface area contributed by atoms with Crippen molar-refractivity contribution in [3.05, 3.63) is 222 Å². The van der Waals surface area contributed by atoms with Crippen molar-refractivity contribution in [2.45, 2.75) is 12.3 Å². The third-order valence-electron chi connectivity index (χ3n) is 11.2. The monoisotopic (exact) mass is 884 g/mol. The van der Waals surface area contributed by atoms with Crippen LogP contribution in [0.5, 0.6) is 0 Å². The van der Waals surface area contributed by atoms with Crippen molar-refractivity contribution in [1.29, 1.82) is 0 Å². The maximum atomic E-state index is 4.88. The second-order valence-corrected chi connectivity index (χ2v) is 14.1. The first-order valence-electron chi connectivity index (χ1n) is 18.4. The molecule has 1 aliphatic carbocycles. The topological polar surface area (TPSA) is 27.7 Å². The zero-order valence-electron chi connectivity index (χ0n) is 29.9. The summed E-state index contributed by atoms with van der Waals surface area (Å²) in [4.78, 5) is 4.88. The molecule has 0 bridgehead atoms. The van der Waals surface area contributed by atoms with Gasteiger partial charge in [0.2, 0.25) is 0 Å². The van der Waals surface area contributed by atoms with E-state index >= 15 is 0 Å². The van der Waals surface area contributed by atoms with Gasteiger partial charge in [0.25, 0.3) is 0 Å². The zero-order valence-corrected chi connectivity index (χ0v) is 32.2. The van der Waals surface area contributed by atoms with Crippen LogP contribution in [0, 0.1) is 19.1 Å². The molecule has 11 rings (SSSR count). The maximum Gasteiger partial charge on any atom is 0.168 e. The molecule has 264 valence electrons. The largest absolute Gasteiger partial charge is 0.319 e. The van der Waals surface area contributed by atoms with E-state index in [4.69, 9.17) is 4.98 Å². The summed E-state index contributed by atoms with van der Waals surface area (Å²) in [6.07, 6.45) is 4.08. The van der Waals surface area contributed by atoms with E-state index in [1.807, 2.05) is 12.3 Å². The fourth-order valence-corrected chi connectivity index (χ4v) is 8.87. The van der Waals surface area contributed by atoms with Gasteiger partial charge in [0, 0.05) is 56.0 Å². The van der Waals surface area contributed by atoms with Crippen LogP contribution in [-0.4, -0.2) is 18.7 Å². The van der Waals surface area contributed by atoms with Crippen LogP contribution in [0.2, 0.25) is 0 Å². The van der Waals surface area contributed by atoms with Gasteiger partial charge in [-0.25, -0.2) is 9.55 Å². The first-order chi connectivity index (χ1) is 26.7. The average molecular weight is 885 g/mol. The number of benzene rings is 7. The molecule has 3 heterocycles. The molecule has 0 unspecified atom stereocenters. The van der Waals surface area contributed by atoms with Crippen LogP contribution in [0.15, 0.2) is 182 Å². The van der Waals surface area contributed by atoms with E-state index in [-0.39, 0.29) is 21.1 Å². The summed E-state index contributed by atoms with van der Waals surface area (Å²) in [6.45, 7) is 2.12. The number of imidazole rings is 1. The molecule has 0 N–H and O–H groups in total. The second-order valence-electron chi connectivity index (χ2n) is 14.1. The van der Waals surface area contributed by atoms with Crippen molar-refractivity contribution < 1.29 is 21.1 Å². The third kappa shape index (κ3) is 4.88. The molecule has 1 aliphatic rings. The Morgan fingerprint density at radius 3 is 1.93 bits per heavy atom. The molecule has 5 heteroatoms. The smallest absolute Gasteiger partial charge is 0.168 e. The van der Waals surface area contributed by atoms with Gasteiger partial charge in [-0.05, 0) is 70.5 Å². The third-order valence-corrected chi connectivity index (χ3v) is 11.2. The van der Waals surface area contributed by atoms with Crippen LogP contribution in [-0.2, 0) is 26.5 Å². The molecule has 55 heavy (non-hydrogen) atoms. The van der Waals surface area contributed by atoms with E-state index in [0.717, 1.165) is 61.3 Å². The number of hydrogen-bond donors (Lipinski definition) is 0. The fourth-order valence-electron chi connectivity index (χ4n) is 8.87. The predicted octanol–water partition coefficient (Wildman–Crippen LogP) is 11.5. The molecule has 0 spiro atoms. The van der Waals surface area contributed by atoms with Crippen LogP contribution in [0.1, 0.15) is 27.8 Å². The Kier molecular flexibility index (Phi) is 7.80. The van der Waals surface area contributed by atoms with Crippen molar-refractivity contribution in [2.75, 3.05) is 0 Å². The van der Waals surface area contributed by atoms with Gasteiger partial charge in [-0.1, -0.05) is 103 Å². The normalized spacial score (nSPS) is 12.8. The van der Waals surface area contributed by atoms with Crippen LogP contribution in [0.3, 0.4) is 0 Å². The molecule has 10 aromatic rings. The van der Waals surface area contributed by atoms with Crippen LogP contribution in [0.25, 0.3) is 61.2 Å². The molecule has 0 atom stereocenters. The molecule has 4 nitrogen and oxygen atoms in total. The van der Waals surface area contributed by atoms with E-state index in [2.05, 4.69) is 203 Å². The maximum absolute atomic E-state index is 4.88. The van der Waals surface area contributed by atoms with Gasteiger partial charge >= 0.3 is 0 Å². The summed E-state index contributed by atoms with van der Waals surface area (Å²) >= 11 is 0. The van der Waals surface area contributed by atoms with E-state index in [0.29, 0.717) is 0 Å². The number of hydrogen-bond acceptors (Lipinski definition) is 1. The molecular formula is C50H33N4Pt-. The Hall–Kier alpha value is -6.35. The molecular weight excluding hydrogens is 852 g/mol. The number of rotatable bonds is 5. The Bertz CT molecular complexity index is 3040. The number of aryl methyl sites for hydroxylation is 1. The van der Waals surface area contributed by atoms with Gasteiger partial charge in [-0.2, -0.15) is 34.9 Å². The predicted molar refractivity (Wildman–Crippen MR) is 219 cm³/mol. The summed E-state index contributed by atoms with van der Waals surface area (Å²) in [5, 5.41) is 2.33. The first kappa shape index (κ1) is 33.2. The fraction of sp³-hybridized carbons (Fsp3) is 0.0400. The summed E-state index contributed by atoms with van der Waals surface area (Å²) in [5.41, 5.74) is 13.9. The van der Waals surface area contributed by atoms with E-state index in [1.54, 1.807) is 0 Å². The van der Waals surface area contributed by atoms with E-state index in [9.17, 15) is 0 Å². The van der Waals surface area contributed by atoms with Crippen molar-refractivity contribution in [3.8, 4) is 28.3 Å². The molecule has 0 radical (unpaired) electrons. The summed E-state index contributed by atoms with van der Waals surface area (Å²) in [7, 11) is 0. The van der Waals surface area contributed by atoms with Gasteiger partial charge in [0.1, 0.15) is 11.5 Å². The summed E-state index contributed by atoms with van der Waals surface area (Å²) in [6, 6.07) is 68.9. The van der Waals surface area contributed by atoms with Crippen LogP contribution in [0.4, 0.5) is 0 Å². The molecule has 0 aliphatic heterocycles. The molecule has 0 amide bonds. The molecule has 0 saturated heterocycles. The van der Waals surface area contributed by atoms with Gasteiger partial charge < -0.3 is 4.57 Å². The van der Waals surface area contributed by atoms with Gasteiger partial charge in [0.15, 0.2) is 17.4 Å². The minimum Gasteiger partial charge on any atom is -0.319 e. The Balaban J connectivity index is 0.00000372. The minimum atomic E-state index is -0.697. The molecule has 0 saturated carbocycles. The summed E-state index contributed by atoms with van der Waals surface area (Å²) in [5.74, 6) is 0.885. The van der Waals surface area contributed by atoms with Crippen LogP contribution >= 0.6 is 0 Å². The number of para-hydroxylation sites is 4. The van der Waals surface area contributed by atoms with E-state index in [1.165, 1.54) is 27.6 Å². The van der Waals surface area contributed by atoms with E-state index < -0.39 is 5.41 Å². The van der Waals surface area contributed by atoms with Gasteiger partial charge in [0.05, 0.1) is 0 Å². The number of aromatic nitrogens is 4. The van der Waals surface area contributed by atoms with Crippen LogP contribution < -0.4 is 0 Å². The first-order valence-corrected chi connectivity index (χ1v) is 18.4. The van der Waals surface area contributed by atoms with Gasteiger partial charge in [-0.3, -0.25) is 0 Å². The second kappa shape index (κ2) is 12.9.